The van der Waals surface area contributed by atoms with Crippen LogP contribution in [0.2, 0.25) is 0 Å². The van der Waals surface area contributed by atoms with E-state index in [-0.39, 0.29) is 86.8 Å². The maximum Gasteiger partial charge on any atom is 0.460 e. The average molecular weight is 1400 g/mol. The first-order valence-corrected chi connectivity index (χ1v) is 28.4. The summed E-state index contributed by atoms with van der Waals surface area (Å²) in [6, 6.07) is 22.6. The second-order valence-electron chi connectivity index (χ2n) is 18.8. The summed E-state index contributed by atoms with van der Waals surface area (Å²) in [5, 5.41) is -21.0. The van der Waals surface area contributed by atoms with Crippen molar-refractivity contribution in [2.45, 2.75) is 84.5 Å². The molecular formula is C54H30F27NO6S3. The molecule has 0 spiro atoms. The first-order chi connectivity index (χ1) is 41.1. The number of anilines is 3. The summed E-state index contributed by atoms with van der Waals surface area (Å²) in [6.07, 6.45) is -14.6. The van der Waals surface area contributed by atoms with E-state index in [1.165, 1.54) is 95.9 Å². The molecule has 6 aromatic carbocycles. The molecule has 0 saturated carbocycles. The third-order valence-corrected chi connectivity index (χ3v) is 18.3. The Morgan fingerprint density at radius 2 is 0.363 bits per heavy atom. The third kappa shape index (κ3) is 12.6. The Morgan fingerprint density at radius 1 is 0.220 bits per heavy atom. The molecule has 0 radical (unpaired) electrons. The lowest BCUT2D eigenvalue weighted by Gasteiger charge is -2.33. The molecule has 7 nitrogen and oxygen atoms in total. The first kappa shape index (κ1) is 72.4. The topological polar surface area (TPSA) is 106 Å². The molecule has 6 rings (SSSR count). The Bertz CT molecular complexity index is 3630. The van der Waals surface area contributed by atoms with Crippen LogP contribution in [-0.4, -0.2) is 95.1 Å². The van der Waals surface area contributed by atoms with Gasteiger partial charge in [-0.2, -0.15) is 119 Å². The van der Waals surface area contributed by atoms with Crippen LogP contribution in [0.1, 0.15) is 33.4 Å². The molecule has 0 N–H and O–H groups in total. The summed E-state index contributed by atoms with van der Waals surface area (Å²) in [5.41, 5.74) is 1.43. The minimum absolute atomic E-state index is 0.0893. The summed E-state index contributed by atoms with van der Waals surface area (Å²) in [4.78, 5) is -3.83. The van der Waals surface area contributed by atoms with Crippen molar-refractivity contribution in [3.8, 4) is 0 Å². The molecule has 0 atom stereocenters. The number of benzene rings is 6. The van der Waals surface area contributed by atoms with Gasteiger partial charge in [0.05, 0.1) is 14.7 Å². The van der Waals surface area contributed by atoms with Crippen LogP contribution < -0.4 is 4.90 Å². The number of rotatable bonds is 21. The van der Waals surface area contributed by atoms with Crippen LogP contribution >= 0.6 is 0 Å². The molecule has 37 heteroatoms. The van der Waals surface area contributed by atoms with E-state index in [9.17, 15) is 144 Å². The molecule has 0 fully saturated rings. The molecule has 0 saturated heterocycles. The van der Waals surface area contributed by atoms with Crippen molar-refractivity contribution in [2.75, 3.05) is 4.90 Å². The minimum Gasteiger partial charge on any atom is -0.311 e. The molecule has 0 aliphatic carbocycles. The zero-order chi connectivity index (χ0) is 69.2. The number of alkyl halides is 27. The lowest BCUT2D eigenvalue weighted by Crippen LogP contribution is -2.63. The molecule has 0 aliphatic rings. The molecule has 6 aromatic rings. The van der Waals surface area contributed by atoms with E-state index in [1.807, 2.05) is 0 Å². The van der Waals surface area contributed by atoms with E-state index >= 15 is 0 Å². The van der Waals surface area contributed by atoms with Gasteiger partial charge in [-0.05, 0) is 106 Å². The Balaban J connectivity index is 1.28. The van der Waals surface area contributed by atoms with Crippen LogP contribution in [-0.2, 0) is 29.5 Å². The molecule has 494 valence electrons. The lowest BCUT2D eigenvalue weighted by molar-refractivity contribution is -0.382. The van der Waals surface area contributed by atoms with Crippen molar-refractivity contribution in [1.82, 2.24) is 0 Å². The van der Waals surface area contributed by atoms with Crippen molar-refractivity contribution in [1.29, 1.82) is 0 Å². The number of hydrogen-bond donors (Lipinski definition) is 0. The highest BCUT2D eigenvalue weighted by atomic mass is 32.2. The van der Waals surface area contributed by atoms with Crippen LogP contribution in [0.4, 0.5) is 136 Å². The summed E-state index contributed by atoms with van der Waals surface area (Å²) in [6.45, 7) is 0. The number of sulfone groups is 3. The SMILES string of the molecule is O=S(=O)(c1ccc(/C=C/c2ccc(N(c3ccc(/C=C/c4ccc(S(=O)(=O)C(F)(F)C(F)(F)C(F)(F)C(F)(F)F)cc4)cc3)c3ccc(/C=C/c4ccc(S(=O)(=O)C(F)(F)C(F)(F)C(F)(F)C(F)(F)F)cc4)cc3)cc2)cc1)C(F)(F)C(F)(F)C(F)(F)C(F)(F)F. The van der Waals surface area contributed by atoms with Crippen molar-refractivity contribution >= 4 is 83.0 Å². The van der Waals surface area contributed by atoms with Crippen molar-refractivity contribution < 1.29 is 144 Å². The van der Waals surface area contributed by atoms with Crippen LogP contribution in [0.25, 0.3) is 36.5 Å². The van der Waals surface area contributed by atoms with Crippen LogP contribution in [0, 0.1) is 0 Å². The fourth-order valence-electron chi connectivity index (χ4n) is 7.53. The van der Waals surface area contributed by atoms with Gasteiger partial charge in [0.1, 0.15) is 0 Å². The smallest absolute Gasteiger partial charge is 0.311 e. The van der Waals surface area contributed by atoms with E-state index in [2.05, 4.69) is 0 Å². The van der Waals surface area contributed by atoms with Crippen molar-refractivity contribution in [3.05, 3.63) is 179 Å². The highest BCUT2D eigenvalue weighted by Crippen LogP contribution is 2.59. The Hall–Kier alpha value is -7.70. The van der Waals surface area contributed by atoms with Gasteiger partial charge in [-0.25, -0.2) is 25.3 Å². The monoisotopic (exact) mass is 1400 g/mol. The highest BCUT2D eigenvalue weighted by Gasteiger charge is 2.87. The number of halogens is 27. The molecule has 0 amide bonds. The van der Waals surface area contributed by atoms with Gasteiger partial charge in [0.15, 0.2) is 0 Å². The summed E-state index contributed by atoms with van der Waals surface area (Å²) < 4.78 is 439. The predicted octanol–water partition coefficient (Wildman–Crippen LogP) is 18.3. The summed E-state index contributed by atoms with van der Waals surface area (Å²) >= 11 is 0. The number of hydrogen-bond acceptors (Lipinski definition) is 7. The van der Waals surface area contributed by atoms with Crippen LogP contribution in [0.15, 0.2) is 160 Å². The predicted molar refractivity (Wildman–Crippen MR) is 271 cm³/mol. The van der Waals surface area contributed by atoms with Crippen molar-refractivity contribution in [3.63, 3.8) is 0 Å². The van der Waals surface area contributed by atoms with Gasteiger partial charge in [0, 0.05) is 17.1 Å². The van der Waals surface area contributed by atoms with Gasteiger partial charge in [-0.3, -0.25) is 0 Å². The molecule has 0 unspecified atom stereocenters. The zero-order valence-corrected chi connectivity index (χ0v) is 46.1. The molecule has 0 aliphatic heterocycles. The highest BCUT2D eigenvalue weighted by molar-refractivity contribution is 7.93. The molecular weight excluding hydrogens is 1370 g/mol. The maximum atomic E-state index is 14.4. The Kier molecular flexibility index (Phi) is 18.9. The van der Waals surface area contributed by atoms with E-state index in [0.717, 1.165) is 18.2 Å². The Morgan fingerprint density at radius 3 is 0.505 bits per heavy atom. The molecule has 0 bridgehead atoms. The van der Waals surface area contributed by atoms with E-state index in [4.69, 9.17) is 0 Å². The normalized spacial score (nSPS) is 14.7. The van der Waals surface area contributed by atoms with E-state index < -0.39 is 114 Å². The second kappa shape index (κ2) is 23.8. The molecule has 0 aromatic heterocycles. The van der Waals surface area contributed by atoms with E-state index in [0.29, 0.717) is 36.4 Å². The summed E-state index contributed by atoms with van der Waals surface area (Å²) in [5.74, 6) is -45.0. The zero-order valence-electron chi connectivity index (χ0n) is 43.6. The number of nitrogens with zero attached hydrogens (tertiary/aromatic N) is 1. The quantitative estimate of drug-likeness (QED) is 0.0522. The van der Waals surface area contributed by atoms with Gasteiger partial charge >= 0.3 is 69.8 Å². The second-order valence-corrected chi connectivity index (χ2v) is 24.8. The third-order valence-electron chi connectivity index (χ3n) is 12.8. The van der Waals surface area contributed by atoms with Gasteiger partial charge < -0.3 is 4.90 Å². The first-order valence-electron chi connectivity index (χ1n) is 23.9. The van der Waals surface area contributed by atoms with Gasteiger partial charge in [0.25, 0.3) is 0 Å². The van der Waals surface area contributed by atoms with Gasteiger partial charge in [0.2, 0.25) is 29.5 Å². The van der Waals surface area contributed by atoms with E-state index in [1.54, 1.807) is 0 Å². The summed E-state index contributed by atoms with van der Waals surface area (Å²) in [7, 11) is -20.8. The maximum absolute atomic E-state index is 14.4. The Labute approximate surface area is 493 Å². The van der Waals surface area contributed by atoms with Crippen LogP contribution in [0.3, 0.4) is 0 Å². The molecule has 0 heterocycles. The minimum atomic E-state index is -7.51. The average Bonchev–Trinajstić information content (AvgIpc) is 0.733. The van der Waals surface area contributed by atoms with Crippen LogP contribution in [0.5, 0.6) is 0 Å². The standard InChI is InChI=1S/C54H30F27NO6S3/c55-43(56,49(67,68)69)46(61,62)52(76,77)89(83,84)40-25-13-34(14-26-40)4-1-31-7-19-37(20-8-31)82(38-21-9-32(10-22-38)2-5-35-15-27-41(28-16-35)90(85,86)53(78,79)47(63,64)44(57,58)50(70,71)72)39-23-11-33(12-24-39)3-6-36-17-29-42(30-18-36)91(87,88)54(80,81)48(65,66)45(59,60)51(73,74)75/h1-30H/b4-1+,5-2+,6-3+. The van der Waals surface area contributed by atoms with Gasteiger partial charge in [-0.1, -0.05) is 109 Å². The fraction of sp³-hybridized carbons (Fsp3) is 0.222. The lowest BCUT2D eigenvalue weighted by atomic mass is 10.1. The fourth-order valence-corrected chi connectivity index (χ4v) is 11.3. The largest absolute Gasteiger partial charge is 0.460 e. The van der Waals surface area contributed by atoms with Gasteiger partial charge in [-0.15, -0.1) is 0 Å². The van der Waals surface area contributed by atoms with Crippen molar-refractivity contribution in [2.24, 2.45) is 0 Å². The molecule has 91 heavy (non-hydrogen) atoms.